The molecule has 0 aromatic carbocycles. The zero-order valence-corrected chi connectivity index (χ0v) is 11.0. The van der Waals surface area contributed by atoms with Gasteiger partial charge in [-0.25, -0.2) is 8.78 Å². The van der Waals surface area contributed by atoms with E-state index in [1.807, 2.05) is 0 Å². The van der Waals surface area contributed by atoms with Crippen LogP contribution in [0.4, 0.5) is 35.1 Å². The fourth-order valence-electron chi connectivity index (χ4n) is 0.696. The Hall–Kier alpha value is 0.270. The van der Waals surface area contributed by atoms with Crippen molar-refractivity contribution in [1.82, 2.24) is 0 Å². The standard InChI is InChI=1S/C6Cl4F8O/c7-1(19)2(11,12)3(8,13)5(15,16)4(9,14)6(10,17)18/t3-,4-/m0/s1. The van der Waals surface area contributed by atoms with E-state index >= 15 is 0 Å². The van der Waals surface area contributed by atoms with Crippen molar-refractivity contribution in [3.05, 3.63) is 0 Å². The lowest BCUT2D eigenvalue weighted by Gasteiger charge is -2.38. The molecule has 0 spiro atoms. The first kappa shape index (κ1) is 19.3. The molecule has 0 aliphatic carbocycles. The monoisotopic (exact) mass is 380 g/mol. The maximum atomic E-state index is 13.2. The third-order valence-electron chi connectivity index (χ3n) is 1.79. The van der Waals surface area contributed by atoms with E-state index in [2.05, 4.69) is 46.4 Å². The average Bonchev–Trinajstić information content (AvgIpc) is 2.14. The Bertz CT molecular complexity index is 376. The Labute approximate surface area is 119 Å². The molecule has 0 N–H and O–H groups in total. The highest BCUT2D eigenvalue weighted by Gasteiger charge is 2.84. The molecule has 0 saturated carbocycles. The zero-order valence-electron chi connectivity index (χ0n) is 7.94. The first-order valence-electron chi connectivity index (χ1n) is 3.72. The van der Waals surface area contributed by atoms with Gasteiger partial charge < -0.3 is 0 Å². The minimum absolute atomic E-state index is 3.09. The summed E-state index contributed by atoms with van der Waals surface area (Å²) >= 11 is 15.9. The van der Waals surface area contributed by atoms with Crippen LogP contribution in [0.5, 0.6) is 0 Å². The topological polar surface area (TPSA) is 17.1 Å². The molecule has 0 heterocycles. The first-order chi connectivity index (χ1) is 7.94. The molecule has 19 heavy (non-hydrogen) atoms. The lowest BCUT2D eigenvalue weighted by Crippen LogP contribution is -2.66. The number of rotatable bonds is 5. The zero-order chi connectivity index (χ0) is 16.1. The van der Waals surface area contributed by atoms with Gasteiger partial charge in [-0.3, -0.25) is 4.79 Å². The van der Waals surface area contributed by atoms with Gasteiger partial charge in [0.05, 0.1) is 0 Å². The minimum Gasteiger partial charge on any atom is -0.274 e. The van der Waals surface area contributed by atoms with Crippen molar-refractivity contribution in [2.24, 2.45) is 0 Å². The molecule has 0 aliphatic heterocycles. The number of hydrogen-bond donors (Lipinski definition) is 0. The summed E-state index contributed by atoms with van der Waals surface area (Å²) in [5, 5.41) is -20.6. The number of carbonyl (C=O) groups excluding carboxylic acids is 1. The molecule has 0 amide bonds. The summed E-state index contributed by atoms with van der Waals surface area (Å²) in [6.07, 6.45) is 0. The van der Waals surface area contributed by atoms with E-state index in [1.54, 1.807) is 0 Å². The third kappa shape index (κ3) is 2.71. The normalized spacial score (nSPS) is 20.6. The molecular weight excluding hydrogens is 382 g/mol. The summed E-state index contributed by atoms with van der Waals surface area (Å²) in [6, 6.07) is 0. The van der Waals surface area contributed by atoms with Crippen molar-refractivity contribution in [2.45, 2.75) is 27.5 Å². The quantitative estimate of drug-likeness (QED) is 0.384. The molecular formula is C6Cl4F8O. The molecule has 114 valence electrons. The summed E-state index contributed by atoms with van der Waals surface area (Å²) in [5.41, 5.74) is 0. The summed E-state index contributed by atoms with van der Waals surface area (Å²) in [5.74, 6) is -12.4. The molecule has 13 heteroatoms. The van der Waals surface area contributed by atoms with E-state index in [4.69, 9.17) is 0 Å². The molecule has 1 nitrogen and oxygen atoms in total. The number of hydrogen-bond acceptors (Lipinski definition) is 1. The molecule has 0 bridgehead atoms. The van der Waals surface area contributed by atoms with Crippen LogP contribution in [0.3, 0.4) is 0 Å². The number of halogens is 12. The molecule has 0 rings (SSSR count). The summed E-state index contributed by atoms with van der Waals surface area (Å²) in [7, 11) is 0. The second-order valence-corrected chi connectivity index (χ2v) is 4.93. The van der Waals surface area contributed by atoms with Gasteiger partial charge in [-0.1, -0.05) is 23.2 Å². The smallest absolute Gasteiger partial charge is 0.274 e. The Morgan fingerprint density at radius 3 is 1.26 bits per heavy atom. The van der Waals surface area contributed by atoms with E-state index in [-0.39, 0.29) is 0 Å². The van der Waals surface area contributed by atoms with Crippen LogP contribution in [0.25, 0.3) is 0 Å². The minimum atomic E-state index is -6.50. The van der Waals surface area contributed by atoms with Crippen molar-refractivity contribution in [2.75, 3.05) is 0 Å². The van der Waals surface area contributed by atoms with E-state index in [9.17, 15) is 39.9 Å². The van der Waals surface area contributed by atoms with Gasteiger partial charge in [-0.2, -0.15) is 26.3 Å². The van der Waals surface area contributed by atoms with E-state index in [0.717, 1.165) is 0 Å². The van der Waals surface area contributed by atoms with Crippen molar-refractivity contribution in [1.29, 1.82) is 0 Å². The lowest BCUT2D eigenvalue weighted by atomic mass is 10.0. The molecule has 0 saturated heterocycles. The Balaban J connectivity index is 5.99. The summed E-state index contributed by atoms with van der Waals surface area (Å²) in [4.78, 5) is 10.1. The number of carbonyl (C=O) groups is 1. The predicted molar refractivity (Wildman–Crippen MR) is 50.9 cm³/mol. The molecule has 0 aliphatic rings. The highest BCUT2D eigenvalue weighted by molar-refractivity contribution is 6.66. The van der Waals surface area contributed by atoms with Crippen LogP contribution in [-0.4, -0.2) is 32.7 Å². The van der Waals surface area contributed by atoms with Crippen LogP contribution in [0, 0.1) is 0 Å². The fraction of sp³-hybridized carbons (Fsp3) is 0.833. The Morgan fingerprint density at radius 2 is 1.05 bits per heavy atom. The van der Waals surface area contributed by atoms with E-state index in [1.165, 1.54) is 0 Å². The van der Waals surface area contributed by atoms with Crippen LogP contribution in [0.1, 0.15) is 0 Å². The van der Waals surface area contributed by atoms with Gasteiger partial charge in [0.1, 0.15) is 0 Å². The molecule has 0 unspecified atom stereocenters. The highest BCUT2D eigenvalue weighted by Crippen LogP contribution is 2.60. The van der Waals surface area contributed by atoms with Crippen LogP contribution < -0.4 is 0 Å². The van der Waals surface area contributed by atoms with Crippen LogP contribution in [0.15, 0.2) is 0 Å². The second kappa shape index (κ2) is 4.92. The fourth-order valence-corrected chi connectivity index (χ4v) is 1.39. The molecule has 0 aromatic rings. The number of alkyl halides is 11. The van der Waals surface area contributed by atoms with Gasteiger partial charge in [0, 0.05) is 0 Å². The molecule has 0 fully saturated rings. The second-order valence-electron chi connectivity index (χ2n) is 3.07. The average molecular weight is 382 g/mol. The first-order valence-corrected chi connectivity index (χ1v) is 5.23. The maximum Gasteiger partial charge on any atom is 0.375 e. The van der Waals surface area contributed by atoms with Gasteiger partial charge in [-0.05, 0) is 23.2 Å². The van der Waals surface area contributed by atoms with Crippen molar-refractivity contribution in [3.8, 4) is 0 Å². The molecule has 0 radical (unpaired) electrons. The van der Waals surface area contributed by atoms with Crippen LogP contribution in [-0.2, 0) is 4.79 Å². The Kier molecular flexibility index (Phi) is 4.99. The maximum absolute atomic E-state index is 13.2. The van der Waals surface area contributed by atoms with Gasteiger partial charge in [0.15, 0.2) is 0 Å². The SMILES string of the molecule is O=C(Cl)C(F)(F)[C@@](F)(Cl)C(F)(F)[C@@](F)(Cl)C(F)(F)Cl. The van der Waals surface area contributed by atoms with Crippen LogP contribution >= 0.6 is 46.4 Å². The van der Waals surface area contributed by atoms with E-state index < -0.39 is 32.7 Å². The summed E-state index contributed by atoms with van der Waals surface area (Å²) in [6.45, 7) is 0. The van der Waals surface area contributed by atoms with Gasteiger partial charge in [-0.15, -0.1) is 0 Å². The third-order valence-corrected chi connectivity index (χ3v) is 3.33. The van der Waals surface area contributed by atoms with Gasteiger partial charge in [0.25, 0.3) is 5.24 Å². The van der Waals surface area contributed by atoms with Gasteiger partial charge in [0.2, 0.25) is 0 Å². The highest BCUT2D eigenvalue weighted by atomic mass is 35.5. The lowest BCUT2D eigenvalue weighted by molar-refractivity contribution is -0.257. The molecule has 0 aromatic heterocycles. The van der Waals surface area contributed by atoms with Crippen LogP contribution in [0.2, 0.25) is 0 Å². The van der Waals surface area contributed by atoms with Gasteiger partial charge >= 0.3 is 27.5 Å². The predicted octanol–water partition coefficient (Wildman–Crippen LogP) is 4.66. The summed E-state index contributed by atoms with van der Waals surface area (Å²) < 4.78 is 102. The van der Waals surface area contributed by atoms with Crippen molar-refractivity contribution in [3.63, 3.8) is 0 Å². The van der Waals surface area contributed by atoms with E-state index in [0.29, 0.717) is 0 Å². The van der Waals surface area contributed by atoms with Crippen molar-refractivity contribution >= 4 is 51.6 Å². The molecule has 2 atom stereocenters. The van der Waals surface area contributed by atoms with Crippen molar-refractivity contribution < 1.29 is 39.9 Å². The largest absolute Gasteiger partial charge is 0.375 e. The Morgan fingerprint density at radius 1 is 0.737 bits per heavy atom.